The van der Waals surface area contributed by atoms with Gasteiger partial charge in [0.05, 0.1) is 5.56 Å². The first-order valence-electron chi connectivity index (χ1n) is 4.16. The molecule has 1 rings (SSSR count). The average molecular weight is 317 g/mol. The van der Waals surface area contributed by atoms with E-state index in [0.717, 1.165) is 4.43 Å². The lowest BCUT2D eigenvalue weighted by atomic mass is 10.2. The molecule has 0 fully saturated rings. The van der Waals surface area contributed by atoms with Crippen LogP contribution in [0.4, 0.5) is 5.69 Å². The molecular weight excluding hydrogens is 309 g/mol. The van der Waals surface area contributed by atoms with E-state index < -0.39 is 0 Å². The lowest BCUT2D eigenvalue weighted by molar-refractivity contribution is 0.0533. The van der Waals surface area contributed by atoms with Crippen molar-refractivity contribution in [1.82, 2.24) is 0 Å². The second-order valence-corrected chi connectivity index (χ2v) is 3.64. The van der Waals surface area contributed by atoms with Gasteiger partial charge in [0.15, 0.2) is 0 Å². The van der Waals surface area contributed by atoms with Gasteiger partial charge in [0.1, 0.15) is 6.61 Å². The molecule has 0 aliphatic rings. The van der Waals surface area contributed by atoms with Crippen molar-refractivity contribution < 1.29 is 9.53 Å². The number of carbonyl (C=O) groups is 1. The SMILES string of the molecule is [N-]=[N+]=Nc1ccc(C(=O)OCCI)cc1. The smallest absolute Gasteiger partial charge is 0.338 e. The topological polar surface area (TPSA) is 75.1 Å². The zero-order chi connectivity index (χ0) is 11.1. The van der Waals surface area contributed by atoms with Gasteiger partial charge in [-0.3, -0.25) is 0 Å². The Kier molecular flexibility index (Phi) is 4.92. The minimum absolute atomic E-state index is 0.362. The Morgan fingerprint density at radius 2 is 2.13 bits per heavy atom. The molecule has 1 aromatic carbocycles. The van der Waals surface area contributed by atoms with Crippen LogP contribution in [0, 0.1) is 0 Å². The molecule has 78 valence electrons. The molecule has 0 spiro atoms. The Balaban J connectivity index is 2.70. The fourth-order valence-electron chi connectivity index (χ4n) is 0.930. The summed E-state index contributed by atoms with van der Waals surface area (Å²) >= 11 is 2.12. The number of alkyl halides is 1. The summed E-state index contributed by atoms with van der Waals surface area (Å²) in [4.78, 5) is 14.0. The highest BCUT2D eigenvalue weighted by molar-refractivity contribution is 14.1. The van der Waals surface area contributed by atoms with Crippen molar-refractivity contribution in [3.05, 3.63) is 40.3 Å². The van der Waals surface area contributed by atoms with E-state index >= 15 is 0 Å². The number of ether oxygens (including phenoxy) is 1. The average Bonchev–Trinajstić information content (AvgIpc) is 2.27. The highest BCUT2D eigenvalue weighted by Gasteiger charge is 2.05. The molecule has 5 nitrogen and oxygen atoms in total. The van der Waals surface area contributed by atoms with Crippen molar-refractivity contribution in [3.8, 4) is 0 Å². The highest BCUT2D eigenvalue weighted by Crippen LogP contribution is 2.13. The zero-order valence-corrected chi connectivity index (χ0v) is 9.92. The maximum Gasteiger partial charge on any atom is 0.338 e. The summed E-state index contributed by atoms with van der Waals surface area (Å²) in [7, 11) is 0. The summed E-state index contributed by atoms with van der Waals surface area (Å²) < 4.78 is 5.69. The van der Waals surface area contributed by atoms with E-state index in [9.17, 15) is 4.79 Å². The van der Waals surface area contributed by atoms with Gasteiger partial charge in [-0.15, -0.1) is 0 Å². The minimum Gasteiger partial charge on any atom is -0.461 e. The number of nitrogens with zero attached hydrogens (tertiary/aromatic N) is 3. The number of carbonyl (C=O) groups excluding carboxylic acids is 1. The Bertz CT molecular complexity index is 385. The number of azide groups is 1. The number of rotatable bonds is 4. The minimum atomic E-state index is -0.362. The van der Waals surface area contributed by atoms with Crippen LogP contribution in [0.1, 0.15) is 10.4 Å². The van der Waals surface area contributed by atoms with E-state index in [1.807, 2.05) is 0 Å². The van der Waals surface area contributed by atoms with Crippen LogP contribution in [0.3, 0.4) is 0 Å². The van der Waals surface area contributed by atoms with Gasteiger partial charge in [-0.1, -0.05) is 39.8 Å². The predicted molar refractivity (Wildman–Crippen MR) is 64.4 cm³/mol. The van der Waals surface area contributed by atoms with E-state index in [1.165, 1.54) is 0 Å². The third kappa shape index (κ3) is 3.77. The van der Waals surface area contributed by atoms with Crippen molar-refractivity contribution in [3.63, 3.8) is 0 Å². The van der Waals surface area contributed by atoms with Crippen LogP contribution < -0.4 is 0 Å². The Labute approximate surface area is 100 Å². The van der Waals surface area contributed by atoms with E-state index in [2.05, 4.69) is 32.6 Å². The predicted octanol–water partition coefficient (Wildman–Crippen LogP) is 3.22. The Morgan fingerprint density at radius 3 is 2.67 bits per heavy atom. The van der Waals surface area contributed by atoms with Crippen LogP contribution in [0.5, 0.6) is 0 Å². The molecule has 6 heteroatoms. The largest absolute Gasteiger partial charge is 0.461 e. The summed E-state index contributed by atoms with van der Waals surface area (Å²) in [5.41, 5.74) is 9.11. The number of esters is 1. The van der Waals surface area contributed by atoms with Crippen LogP contribution in [0.25, 0.3) is 10.4 Å². The van der Waals surface area contributed by atoms with Crippen molar-refractivity contribution in [2.75, 3.05) is 11.0 Å². The molecule has 15 heavy (non-hydrogen) atoms. The first-order valence-corrected chi connectivity index (χ1v) is 5.68. The number of hydrogen-bond acceptors (Lipinski definition) is 3. The lowest BCUT2D eigenvalue weighted by Gasteiger charge is -2.02. The normalized spacial score (nSPS) is 9.13. The first-order chi connectivity index (χ1) is 7.27. The van der Waals surface area contributed by atoms with Crippen LogP contribution in [0.15, 0.2) is 29.4 Å². The standard InChI is InChI=1S/C9H8IN3O2/c10-5-6-15-9(14)7-1-3-8(4-2-7)12-13-11/h1-4H,5-6H2. The van der Waals surface area contributed by atoms with Crippen LogP contribution in [-0.4, -0.2) is 17.0 Å². The summed E-state index contributed by atoms with van der Waals surface area (Å²) in [6.07, 6.45) is 0. The third-order valence-corrected chi connectivity index (χ3v) is 2.01. The fourth-order valence-corrected chi connectivity index (χ4v) is 1.15. The van der Waals surface area contributed by atoms with E-state index in [1.54, 1.807) is 24.3 Å². The lowest BCUT2D eigenvalue weighted by Crippen LogP contribution is -2.06. The van der Waals surface area contributed by atoms with Crippen molar-refractivity contribution >= 4 is 34.2 Å². The van der Waals surface area contributed by atoms with Gasteiger partial charge in [0.25, 0.3) is 0 Å². The molecule has 0 aliphatic carbocycles. The molecule has 0 amide bonds. The molecule has 1 aromatic rings. The van der Waals surface area contributed by atoms with Gasteiger partial charge in [0, 0.05) is 15.0 Å². The second-order valence-electron chi connectivity index (χ2n) is 2.56. The van der Waals surface area contributed by atoms with Gasteiger partial charge in [-0.25, -0.2) is 4.79 Å². The fraction of sp³-hybridized carbons (Fsp3) is 0.222. The molecule has 0 radical (unpaired) electrons. The van der Waals surface area contributed by atoms with Gasteiger partial charge >= 0.3 is 5.97 Å². The van der Waals surface area contributed by atoms with Crippen molar-refractivity contribution in [2.45, 2.75) is 0 Å². The summed E-state index contributed by atoms with van der Waals surface area (Å²) in [5, 5.41) is 3.40. The maximum atomic E-state index is 11.3. The molecule has 0 saturated carbocycles. The Morgan fingerprint density at radius 1 is 1.47 bits per heavy atom. The van der Waals surface area contributed by atoms with Crippen LogP contribution in [0.2, 0.25) is 0 Å². The molecule has 0 unspecified atom stereocenters. The molecule has 0 bridgehead atoms. The van der Waals surface area contributed by atoms with Gasteiger partial charge in [0.2, 0.25) is 0 Å². The summed E-state index contributed by atoms with van der Waals surface area (Å²) in [6, 6.07) is 6.28. The quantitative estimate of drug-likeness (QED) is 0.213. The zero-order valence-electron chi connectivity index (χ0n) is 7.76. The molecule has 0 aromatic heterocycles. The third-order valence-electron chi connectivity index (χ3n) is 1.57. The molecule has 0 heterocycles. The van der Waals surface area contributed by atoms with Gasteiger partial charge in [-0.05, 0) is 17.7 Å². The van der Waals surface area contributed by atoms with Crippen molar-refractivity contribution in [2.24, 2.45) is 5.11 Å². The summed E-state index contributed by atoms with van der Waals surface area (Å²) in [5.74, 6) is -0.362. The number of halogens is 1. The van der Waals surface area contributed by atoms with Crippen molar-refractivity contribution in [1.29, 1.82) is 0 Å². The van der Waals surface area contributed by atoms with Gasteiger partial charge in [-0.2, -0.15) is 0 Å². The number of hydrogen-bond donors (Lipinski definition) is 0. The Hall–Kier alpha value is -1.27. The van der Waals surface area contributed by atoms with E-state index in [0.29, 0.717) is 17.9 Å². The van der Waals surface area contributed by atoms with Crippen LogP contribution in [-0.2, 0) is 4.74 Å². The van der Waals surface area contributed by atoms with Crippen LogP contribution >= 0.6 is 22.6 Å². The number of benzene rings is 1. The highest BCUT2D eigenvalue weighted by atomic mass is 127. The molecule has 0 atom stereocenters. The maximum absolute atomic E-state index is 11.3. The molecule has 0 N–H and O–H groups in total. The van der Waals surface area contributed by atoms with E-state index in [-0.39, 0.29) is 5.97 Å². The van der Waals surface area contributed by atoms with E-state index in [4.69, 9.17) is 10.3 Å². The monoisotopic (exact) mass is 317 g/mol. The molecule has 0 saturated heterocycles. The van der Waals surface area contributed by atoms with Gasteiger partial charge < -0.3 is 4.74 Å². The molecule has 0 aliphatic heterocycles. The second kappa shape index (κ2) is 6.26. The molecular formula is C9H8IN3O2. The first kappa shape index (κ1) is 11.8. The summed E-state index contributed by atoms with van der Waals surface area (Å²) in [6.45, 7) is 0.400.